The van der Waals surface area contributed by atoms with Crippen molar-refractivity contribution in [2.45, 2.75) is 19.9 Å². The van der Waals surface area contributed by atoms with E-state index in [0.717, 1.165) is 13.0 Å². The number of nitrogen functional groups attached to an aromatic ring is 1. The van der Waals surface area contributed by atoms with Crippen LogP contribution in [0.1, 0.15) is 23.8 Å². The average molecular weight is 254 g/mol. The van der Waals surface area contributed by atoms with Crippen molar-refractivity contribution in [2.75, 3.05) is 18.9 Å². The third-order valence-corrected chi connectivity index (χ3v) is 2.25. The molecule has 0 saturated carbocycles. The lowest BCUT2D eigenvalue weighted by molar-refractivity contribution is 0.0927. The molecule has 0 bridgehead atoms. The van der Waals surface area contributed by atoms with Gasteiger partial charge in [0.15, 0.2) is 0 Å². The highest BCUT2D eigenvalue weighted by Crippen LogP contribution is 2.11. The number of ether oxygens (including phenoxy) is 1. The zero-order valence-electron chi connectivity index (χ0n) is 10.3. The number of amides is 2. The van der Waals surface area contributed by atoms with Crippen LogP contribution >= 0.6 is 0 Å². The summed E-state index contributed by atoms with van der Waals surface area (Å²) in [5.74, 6) is -0.256. The van der Waals surface area contributed by atoms with E-state index in [1.54, 1.807) is 16.8 Å². The Morgan fingerprint density at radius 1 is 1.50 bits per heavy atom. The summed E-state index contributed by atoms with van der Waals surface area (Å²) in [6.07, 6.45) is 1.76. The van der Waals surface area contributed by atoms with Gasteiger partial charge in [-0.2, -0.15) is 0 Å². The summed E-state index contributed by atoms with van der Waals surface area (Å²) in [7, 11) is 0. The van der Waals surface area contributed by atoms with Crippen molar-refractivity contribution in [1.29, 1.82) is 0 Å². The van der Waals surface area contributed by atoms with E-state index in [2.05, 4.69) is 10.1 Å². The third kappa shape index (κ3) is 4.00. The van der Waals surface area contributed by atoms with Gasteiger partial charge < -0.3 is 26.1 Å². The summed E-state index contributed by atoms with van der Waals surface area (Å²) in [5.41, 5.74) is 11.5. The van der Waals surface area contributed by atoms with Crippen LogP contribution in [0, 0.1) is 0 Å². The summed E-state index contributed by atoms with van der Waals surface area (Å²) in [5, 5.41) is 2.62. The Hall–Kier alpha value is -2.18. The molecule has 0 aliphatic carbocycles. The smallest absolute Gasteiger partial charge is 0.404 e. The Morgan fingerprint density at radius 3 is 2.83 bits per heavy atom. The lowest BCUT2D eigenvalue weighted by Gasteiger charge is -2.08. The maximum Gasteiger partial charge on any atom is 0.404 e. The van der Waals surface area contributed by atoms with Gasteiger partial charge in [-0.1, -0.05) is 6.92 Å². The number of hydrogen-bond donors (Lipinski definition) is 3. The Kier molecular flexibility index (Phi) is 5.04. The molecule has 0 atom stereocenters. The van der Waals surface area contributed by atoms with Crippen LogP contribution in [0.3, 0.4) is 0 Å². The van der Waals surface area contributed by atoms with E-state index >= 15 is 0 Å². The van der Waals surface area contributed by atoms with Crippen molar-refractivity contribution in [3.05, 3.63) is 18.0 Å². The summed E-state index contributed by atoms with van der Waals surface area (Å²) in [6.45, 7) is 2.99. The van der Waals surface area contributed by atoms with Crippen LogP contribution in [0.2, 0.25) is 0 Å². The van der Waals surface area contributed by atoms with Crippen LogP contribution in [0.4, 0.5) is 10.5 Å². The Balaban J connectivity index is 2.52. The molecular formula is C11H18N4O3. The average Bonchev–Trinajstić information content (AvgIpc) is 2.66. The molecule has 0 saturated heterocycles. The van der Waals surface area contributed by atoms with Gasteiger partial charge in [-0.05, 0) is 12.5 Å². The summed E-state index contributed by atoms with van der Waals surface area (Å²) >= 11 is 0. The van der Waals surface area contributed by atoms with E-state index in [4.69, 9.17) is 11.5 Å². The highest BCUT2D eigenvalue weighted by Gasteiger charge is 2.11. The second kappa shape index (κ2) is 6.53. The van der Waals surface area contributed by atoms with Crippen molar-refractivity contribution in [1.82, 2.24) is 9.88 Å². The zero-order chi connectivity index (χ0) is 13.5. The molecule has 0 aromatic carbocycles. The molecule has 0 aliphatic heterocycles. The number of rotatable bonds is 6. The molecule has 1 rings (SSSR count). The van der Waals surface area contributed by atoms with Crippen molar-refractivity contribution < 1.29 is 14.3 Å². The summed E-state index contributed by atoms with van der Waals surface area (Å²) < 4.78 is 6.30. The SMILES string of the molecule is CCCn1cc(N)cc1C(=O)NCCOC(N)=O. The summed E-state index contributed by atoms with van der Waals surface area (Å²) in [4.78, 5) is 22.2. The van der Waals surface area contributed by atoms with Crippen LogP contribution in [0.25, 0.3) is 0 Å². The lowest BCUT2D eigenvalue weighted by Crippen LogP contribution is -2.30. The Morgan fingerprint density at radius 2 is 2.22 bits per heavy atom. The first-order valence-corrected chi connectivity index (χ1v) is 5.70. The second-order valence-electron chi connectivity index (χ2n) is 3.78. The third-order valence-electron chi connectivity index (χ3n) is 2.25. The molecule has 18 heavy (non-hydrogen) atoms. The molecule has 100 valence electrons. The van der Waals surface area contributed by atoms with E-state index in [9.17, 15) is 9.59 Å². The van der Waals surface area contributed by atoms with Gasteiger partial charge in [0.2, 0.25) is 0 Å². The largest absolute Gasteiger partial charge is 0.448 e. The quantitative estimate of drug-likeness (QED) is 0.634. The number of nitrogens with one attached hydrogen (secondary N) is 1. The molecule has 0 unspecified atom stereocenters. The number of carbonyl (C=O) groups excluding carboxylic acids is 2. The van der Waals surface area contributed by atoms with Crippen molar-refractivity contribution in [3.63, 3.8) is 0 Å². The van der Waals surface area contributed by atoms with E-state index in [0.29, 0.717) is 11.4 Å². The monoisotopic (exact) mass is 254 g/mol. The number of aryl methyl sites for hydroxylation is 1. The second-order valence-corrected chi connectivity index (χ2v) is 3.78. The van der Waals surface area contributed by atoms with Gasteiger partial charge in [-0.25, -0.2) is 4.79 Å². The van der Waals surface area contributed by atoms with E-state index < -0.39 is 6.09 Å². The lowest BCUT2D eigenvalue weighted by atomic mass is 10.3. The topological polar surface area (TPSA) is 112 Å². The molecule has 0 aliphatic rings. The number of carbonyl (C=O) groups is 2. The minimum absolute atomic E-state index is 0.0467. The molecule has 1 heterocycles. The number of anilines is 1. The van der Waals surface area contributed by atoms with Crippen LogP contribution < -0.4 is 16.8 Å². The van der Waals surface area contributed by atoms with Crippen molar-refractivity contribution in [2.24, 2.45) is 5.73 Å². The minimum Gasteiger partial charge on any atom is -0.448 e. The van der Waals surface area contributed by atoms with Gasteiger partial charge in [0.25, 0.3) is 5.91 Å². The minimum atomic E-state index is -0.858. The van der Waals surface area contributed by atoms with E-state index in [1.807, 2.05) is 6.92 Å². The van der Waals surface area contributed by atoms with Gasteiger partial charge in [0.05, 0.1) is 12.2 Å². The van der Waals surface area contributed by atoms with Crippen LogP contribution in [0.5, 0.6) is 0 Å². The molecule has 0 radical (unpaired) electrons. The van der Waals surface area contributed by atoms with Gasteiger partial charge in [0.1, 0.15) is 12.3 Å². The fourth-order valence-corrected chi connectivity index (χ4v) is 1.56. The van der Waals surface area contributed by atoms with Crippen molar-refractivity contribution in [3.8, 4) is 0 Å². The standard InChI is InChI=1S/C11H18N4O3/c1-2-4-15-7-8(12)6-9(15)10(16)14-3-5-18-11(13)17/h6-7H,2-5,12H2,1H3,(H2,13,17)(H,14,16). The Labute approximate surface area is 105 Å². The first-order valence-electron chi connectivity index (χ1n) is 5.70. The van der Waals surface area contributed by atoms with E-state index in [-0.39, 0.29) is 19.1 Å². The fraction of sp³-hybridized carbons (Fsp3) is 0.455. The normalized spacial score (nSPS) is 10.1. The molecular weight excluding hydrogens is 236 g/mol. The highest BCUT2D eigenvalue weighted by molar-refractivity contribution is 5.93. The fourth-order valence-electron chi connectivity index (χ4n) is 1.56. The molecule has 7 nitrogen and oxygen atoms in total. The van der Waals surface area contributed by atoms with Crippen molar-refractivity contribution >= 4 is 17.7 Å². The number of nitrogens with two attached hydrogens (primary N) is 2. The molecule has 0 spiro atoms. The maximum atomic E-state index is 11.8. The van der Waals surface area contributed by atoms with Gasteiger partial charge in [-0.15, -0.1) is 0 Å². The highest BCUT2D eigenvalue weighted by atomic mass is 16.5. The maximum absolute atomic E-state index is 11.8. The zero-order valence-corrected chi connectivity index (χ0v) is 10.3. The first-order chi connectivity index (χ1) is 8.54. The molecule has 1 aromatic heterocycles. The van der Waals surface area contributed by atoms with Crippen LogP contribution in [-0.2, 0) is 11.3 Å². The number of nitrogens with zero attached hydrogens (tertiary/aromatic N) is 1. The number of aromatic nitrogens is 1. The predicted molar refractivity (Wildman–Crippen MR) is 67.0 cm³/mol. The molecule has 0 fully saturated rings. The number of primary amides is 1. The molecule has 2 amide bonds. The first kappa shape index (κ1) is 13.9. The predicted octanol–water partition coefficient (Wildman–Crippen LogP) is 0.305. The van der Waals surface area contributed by atoms with Crippen LogP contribution in [-0.4, -0.2) is 29.7 Å². The van der Waals surface area contributed by atoms with Crippen LogP contribution in [0.15, 0.2) is 12.3 Å². The van der Waals surface area contributed by atoms with Gasteiger partial charge >= 0.3 is 6.09 Å². The number of hydrogen-bond acceptors (Lipinski definition) is 4. The summed E-state index contributed by atoms with van der Waals surface area (Å²) in [6, 6.07) is 1.61. The molecule has 7 heteroatoms. The van der Waals surface area contributed by atoms with E-state index in [1.165, 1.54) is 0 Å². The van der Waals surface area contributed by atoms with Gasteiger partial charge in [0, 0.05) is 12.7 Å². The molecule has 5 N–H and O–H groups in total. The van der Waals surface area contributed by atoms with Gasteiger partial charge in [-0.3, -0.25) is 4.79 Å². The Bertz CT molecular complexity index is 428. The molecule has 1 aromatic rings.